The van der Waals surface area contributed by atoms with Crippen LogP contribution in [0.2, 0.25) is 0 Å². The van der Waals surface area contributed by atoms with Crippen molar-refractivity contribution in [3.05, 3.63) is 18.6 Å². The Morgan fingerprint density at radius 3 is 3.14 bits per heavy atom. The second-order valence-electron chi connectivity index (χ2n) is 5.22. The highest BCUT2D eigenvalue weighted by atomic mass is 31.2. The zero-order valence-electron chi connectivity index (χ0n) is 11.8. The second-order valence-corrected chi connectivity index (χ2v) is 7.08. The lowest BCUT2D eigenvalue weighted by molar-refractivity contribution is -0.0320. The van der Waals surface area contributed by atoms with E-state index in [0.717, 1.165) is 6.66 Å². The van der Waals surface area contributed by atoms with Crippen LogP contribution in [0.15, 0.2) is 18.6 Å². The number of hydrogen-bond donors (Lipinski definition) is 2. The second kappa shape index (κ2) is 5.58. The standard InChI is InChI=1S/C12H16FN4O4P/c1-22(18,19)20-5-7-4-9(13)12(21-7)17-3-2-8-10(14)15-6-16-11(8)17/h2-3,6-7,9,12H,4-5H2,1H3,(H,18,19)(H2,14,15,16)/t7-,9-,12+/m0/s1. The molecule has 0 spiro atoms. The van der Waals surface area contributed by atoms with Gasteiger partial charge in [-0.1, -0.05) is 0 Å². The smallest absolute Gasteiger partial charge is 0.325 e. The van der Waals surface area contributed by atoms with Crippen molar-refractivity contribution in [1.29, 1.82) is 0 Å². The molecule has 1 aliphatic rings. The number of ether oxygens (including phenoxy) is 1. The predicted octanol–water partition coefficient (Wildman–Crippen LogP) is 1.47. The highest BCUT2D eigenvalue weighted by Crippen LogP contribution is 2.40. The van der Waals surface area contributed by atoms with Gasteiger partial charge in [-0.15, -0.1) is 0 Å². The van der Waals surface area contributed by atoms with Gasteiger partial charge < -0.3 is 24.5 Å². The summed E-state index contributed by atoms with van der Waals surface area (Å²) in [6.07, 6.45) is 0.246. The maximum Gasteiger partial charge on any atom is 0.325 e. The fraction of sp³-hybridized carbons (Fsp3) is 0.500. The fourth-order valence-electron chi connectivity index (χ4n) is 2.47. The van der Waals surface area contributed by atoms with Crippen LogP contribution in [0.4, 0.5) is 10.2 Å². The quantitative estimate of drug-likeness (QED) is 0.816. The first-order valence-corrected chi connectivity index (χ1v) is 8.69. The summed E-state index contributed by atoms with van der Waals surface area (Å²) in [5.74, 6) is 0.309. The number of nitrogens with zero attached hydrogens (tertiary/aromatic N) is 3. The molecule has 0 radical (unpaired) electrons. The first-order chi connectivity index (χ1) is 10.3. The van der Waals surface area contributed by atoms with Gasteiger partial charge in [0.15, 0.2) is 6.23 Å². The molecule has 1 unspecified atom stereocenters. The Labute approximate surface area is 125 Å². The molecule has 0 aliphatic carbocycles. The number of nitrogens with two attached hydrogens (primary N) is 1. The van der Waals surface area contributed by atoms with Crippen LogP contribution in [0.25, 0.3) is 11.0 Å². The lowest BCUT2D eigenvalue weighted by Gasteiger charge is -2.17. The maximum absolute atomic E-state index is 14.2. The Kier molecular flexibility index (Phi) is 3.90. The van der Waals surface area contributed by atoms with Crippen LogP contribution in [0, 0.1) is 0 Å². The summed E-state index contributed by atoms with van der Waals surface area (Å²) in [5, 5.41) is 0.617. The zero-order valence-corrected chi connectivity index (χ0v) is 12.7. The van der Waals surface area contributed by atoms with Crippen LogP contribution >= 0.6 is 7.60 Å². The lowest BCUT2D eigenvalue weighted by Crippen LogP contribution is -2.17. The van der Waals surface area contributed by atoms with Crippen LogP contribution in [0.1, 0.15) is 12.6 Å². The van der Waals surface area contributed by atoms with Crippen LogP contribution in [-0.4, -0.2) is 45.0 Å². The Bertz CT molecular complexity index is 733. The molecule has 120 valence electrons. The van der Waals surface area contributed by atoms with E-state index in [9.17, 15) is 8.96 Å². The monoisotopic (exact) mass is 330 g/mol. The first-order valence-electron chi connectivity index (χ1n) is 6.66. The van der Waals surface area contributed by atoms with Crippen molar-refractivity contribution < 1.29 is 23.1 Å². The summed E-state index contributed by atoms with van der Waals surface area (Å²) in [4.78, 5) is 17.1. The number of halogens is 1. The molecule has 8 nitrogen and oxygen atoms in total. The molecule has 0 bridgehead atoms. The van der Waals surface area contributed by atoms with Crippen molar-refractivity contribution in [1.82, 2.24) is 14.5 Å². The molecule has 0 saturated carbocycles. The molecule has 2 aromatic rings. The van der Waals surface area contributed by atoms with Gasteiger partial charge in [-0.2, -0.15) is 0 Å². The summed E-state index contributed by atoms with van der Waals surface area (Å²) < 4.78 is 37.3. The molecule has 1 saturated heterocycles. The number of fused-ring (bicyclic) bond motifs is 1. The maximum atomic E-state index is 14.2. The van der Waals surface area contributed by atoms with Gasteiger partial charge in [0.05, 0.1) is 18.1 Å². The third kappa shape index (κ3) is 2.98. The van der Waals surface area contributed by atoms with Crippen molar-refractivity contribution >= 4 is 24.4 Å². The molecule has 0 amide bonds. The fourth-order valence-corrected chi connectivity index (χ4v) is 2.91. The average molecular weight is 330 g/mol. The predicted molar refractivity (Wildman–Crippen MR) is 77.1 cm³/mol. The van der Waals surface area contributed by atoms with Crippen molar-refractivity contribution in [2.75, 3.05) is 19.0 Å². The Morgan fingerprint density at radius 2 is 2.41 bits per heavy atom. The van der Waals surface area contributed by atoms with Crippen molar-refractivity contribution in [2.24, 2.45) is 0 Å². The molecule has 3 N–H and O–H groups in total. The summed E-state index contributed by atoms with van der Waals surface area (Å²) in [5.41, 5.74) is 6.22. The average Bonchev–Trinajstić information content (AvgIpc) is 3.00. The molecule has 0 aromatic carbocycles. The molecule has 1 aliphatic heterocycles. The Balaban J connectivity index is 1.80. The molecule has 10 heteroatoms. The summed E-state index contributed by atoms with van der Waals surface area (Å²) in [7, 11) is -3.61. The van der Waals surface area contributed by atoms with E-state index in [1.165, 1.54) is 6.33 Å². The highest BCUT2D eigenvalue weighted by molar-refractivity contribution is 7.51. The van der Waals surface area contributed by atoms with E-state index in [2.05, 4.69) is 9.97 Å². The molecule has 3 heterocycles. The third-order valence-corrected chi connectivity index (χ3v) is 4.07. The number of rotatable bonds is 4. The van der Waals surface area contributed by atoms with Crippen LogP contribution in [0.5, 0.6) is 0 Å². The number of alkyl halides is 1. The van der Waals surface area contributed by atoms with Crippen molar-refractivity contribution in [2.45, 2.75) is 24.9 Å². The van der Waals surface area contributed by atoms with Crippen molar-refractivity contribution in [3.63, 3.8) is 0 Å². The first kappa shape index (κ1) is 15.4. The van der Waals surface area contributed by atoms with Crippen LogP contribution < -0.4 is 5.73 Å². The SMILES string of the molecule is CP(=O)(O)OC[C@@H]1C[C@H](F)[C@H](n2ccc3c(N)ncnc32)O1. The van der Waals surface area contributed by atoms with Gasteiger partial charge in [-0.25, -0.2) is 14.4 Å². The van der Waals surface area contributed by atoms with Gasteiger partial charge in [0.1, 0.15) is 24.0 Å². The minimum atomic E-state index is -3.61. The Hall–Kier alpha value is -1.54. The van der Waals surface area contributed by atoms with E-state index in [-0.39, 0.29) is 13.0 Å². The van der Waals surface area contributed by atoms with E-state index in [1.807, 2.05) is 0 Å². The summed E-state index contributed by atoms with van der Waals surface area (Å²) >= 11 is 0. The van der Waals surface area contributed by atoms with E-state index in [1.54, 1.807) is 16.8 Å². The Morgan fingerprint density at radius 1 is 1.64 bits per heavy atom. The van der Waals surface area contributed by atoms with Gasteiger partial charge >= 0.3 is 7.60 Å². The zero-order chi connectivity index (χ0) is 15.9. The third-order valence-electron chi connectivity index (χ3n) is 3.44. The van der Waals surface area contributed by atoms with Gasteiger partial charge in [-0.05, 0) is 6.07 Å². The minimum absolute atomic E-state index is 0.0743. The summed E-state index contributed by atoms with van der Waals surface area (Å²) in [6.45, 7) is 0.934. The van der Waals surface area contributed by atoms with Gasteiger partial charge in [-0.3, -0.25) is 4.57 Å². The highest BCUT2D eigenvalue weighted by Gasteiger charge is 2.38. The van der Waals surface area contributed by atoms with Crippen LogP contribution in [-0.2, 0) is 13.8 Å². The van der Waals surface area contributed by atoms with Crippen LogP contribution in [0.3, 0.4) is 0 Å². The molecule has 3 rings (SSSR count). The van der Waals surface area contributed by atoms with E-state index in [4.69, 9.17) is 19.9 Å². The topological polar surface area (TPSA) is 112 Å². The largest absolute Gasteiger partial charge is 0.383 e. The van der Waals surface area contributed by atoms with Crippen molar-refractivity contribution in [3.8, 4) is 0 Å². The molecular formula is C12H16FN4O4P. The minimum Gasteiger partial charge on any atom is -0.383 e. The van der Waals surface area contributed by atoms with E-state index < -0.39 is 26.1 Å². The number of hydrogen-bond acceptors (Lipinski definition) is 6. The lowest BCUT2D eigenvalue weighted by atomic mass is 10.2. The van der Waals surface area contributed by atoms with Gasteiger partial charge in [0, 0.05) is 19.3 Å². The number of anilines is 1. The van der Waals surface area contributed by atoms with E-state index in [0.29, 0.717) is 16.9 Å². The normalized spacial score (nSPS) is 28.0. The van der Waals surface area contributed by atoms with E-state index >= 15 is 0 Å². The van der Waals surface area contributed by atoms with Gasteiger partial charge in [0.25, 0.3) is 0 Å². The molecular weight excluding hydrogens is 314 g/mol. The molecule has 1 fully saturated rings. The summed E-state index contributed by atoms with van der Waals surface area (Å²) in [6, 6.07) is 1.69. The molecule has 4 atom stereocenters. The van der Waals surface area contributed by atoms with Gasteiger partial charge in [0.2, 0.25) is 0 Å². The number of aromatic nitrogens is 3. The molecule has 22 heavy (non-hydrogen) atoms. The molecule has 2 aromatic heterocycles. The number of nitrogen functional groups attached to an aromatic ring is 1.